The van der Waals surface area contributed by atoms with Crippen molar-refractivity contribution in [1.82, 2.24) is 0 Å². The molecule has 4 aromatic rings. The second-order valence-electron chi connectivity index (χ2n) is 8.01. The van der Waals surface area contributed by atoms with E-state index in [9.17, 15) is 0 Å². The molecule has 4 rings (SSSR count). The van der Waals surface area contributed by atoms with E-state index in [1.165, 1.54) is 5.56 Å². The molecule has 0 aliphatic heterocycles. The molecule has 1 unspecified atom stereocenters. The summed E-state index contributed by atoms with van der Waals surface area (Å²) in [6, 6.07) is 31.2. The van der Waals surface area contributed by atoms with Crippen molar-refractivity contribution in [2.24, 2.45) is 0 Å². The first-order chi connectivity index (χ1) is 15.0. The van der Waals surface area contributed by atoms with Crippen molar-refractivity contribution < 1.29 is 0 Å². The third-order valence-corrected chi connectivity index (χ3v) is 6.75. The molecule has 0 saturated heterocycles. The molecule has 0 aliphatic rings. The van der Waals surface area contributed by atoms with Gasteiger partial charge in [0, 0.05) is 15.7 Å². The molecule has 0 aliphatic carbocycles. The van der Waals surface area contributed by atoms with Gasteiger partial charge in [0.2, 0.25) is 6.71 Å². The average Bonchev–Trinajstić information content (AvgIpc) is 2.77. The minimum absolute atomic E-state index is 0.0000504. The highest BCUT2D eigenvalue weighted by Crippen LogP contribution is 2.32. The molecule has 0 fully saturated rings. The lowest BCUT2D eigenvalue weighted by molar-refractivity contribution is 1.12. The maximum absolute atomic E-state index is 6.58. The molecule has 0 bridgehead atoms. The van der Waals surface area contributed by atoms with E-state index >= 15 is 0 Å². The number of hydrogen-bond donors (Lipinski definition) is 1. The zero-order valence-corrected chi connectivity index (χ0v) is 19.2. The van der Waals surface area contributed by atoms with Gasteiger partial charge in [-0.25, -0.2) is 0 Å². The van der Waals surface area contributed by atoms with E-state index < -0.39 is 0 Å². The van der Waals surface area contributed by atoms with Crippen LogP contribution in [0.1, 0.15) is 28.1 Å². The molecule has 0 aromatic heterocycles. The topological polar surface area (TPSA) is 26.0 Å². The van der Waals surface area contributed by atoms with Crippen molar-refractivity contribution in [2.75, 3.05) is 5.73 Å². The van der Waals surface area contributed by atoms with E-state index in [-0.39, 0.29) is 12.5 Å². The molecule has 0 heterocycles. The zero-order chi connectivity index (χ0) is 22.0. The summed E-state index contributed by atoms with van der Waals surface area (Å²) in [5.41, 5.74) is 13.9. The van der Waals surface area contributed by atoms with Crippen LogP contribution < -0.4 is 16.7 Å². The molecule has 4 heteroatoms. The molecular formula is C27H24BCl2N. The van der Waals surface area contributed by atoms with E-state index in [0.29, 0.717) is 0 Å². The van der Waals surface area contributed by atoms with Gasteiger partial charge in [0.05, 0.1) is 0 Å². The smallest absolute Gasteiger partial charge is 0.221 e. The Balaban J connectivity index is 2.01. The molecule has 1 atom stereocenters. The van der Waals surface area contributed by atoms with Crippen LogP contribution in [0.15, 0.2) is 91.0 Å². The monoisotopic (exact) mass is 443 g/mol. The van der Waals surface area contributed by atoms with E-state index in [0.717, 1.165) is 43.3 Å². The first-order valence-electron chi connectivity index (χ1n) is 10.4. The van der Waals surface area contributed by atoms with Crippen molar-refractivity contribution in [3.63, 3.8) is 0 Å². The second-order valence-corrected chi connectivity index (χ2v) is 8.83. The van der Waals surface area contributed by atoms with E-state index in [1.807, 2.05) is 38.1 Å². The van der Waals surface area contributed by atoms with Gasteiger partial charge in [-0.05, 0) is 60.1 Å². The lowest BCUT2D eigenvalue weighted by atomic mass is 9.31. The number of aryl methyl sites for hydroxylation is 2. The van der Waals surface area contributed by atoms with Gasteiger partial charge in [0.1, 0.15) is 0 Å². The van der Waals surface area contributed by atoms with Crippen molar-refractivity contribution in [2.45, 2.75) is 19.7 Å². The quantitative estimate of drug-likeness (QED) is 0.289. The number of para-hydroxylation sites is 1. The van der Waals surface area contributed by atoms with Gasteiger partial charge in [0.15, 0.2) is 0 Å². The van der Waals surface area contributed by atoms with Gasteiger partial charge in [-0.2, -0.15) is 0 Å². The number of anilines is 1. The highest BCUT2D eigenvalue weighted by atomic mass is 35.5. The number of rotatable bonds is 5. The minimum atomic E-state index is -0.0108. The maximum Gasteiger partial charge on any atom is 0.221 e. The molecule has 4 aromatic carbocycles. The van der Waals surface area contributed by atoms with Crippen LogP contribution in [0.2, 0.25) is 10.0 Å². The van der Waals surface area contributed by atoms with Crippen LogP contribution in [0.5, 0.6) is 0 Å². The summed E-state index contributed by atoms with van der Waals surface area (Å²) in [7, 11) is 0. The maximum atomic E-state index is 6.58. The van der Waals surface area contributed by atoms with Crippen LogP contribution in [0.3, 0.4) is 0 Å². The summed E-state index contributed by atoms with van der Waals surface area (Å²) in [4.78, 5) is 0. The van der Waals surface area contributed by atoms with Gasteiger partial charge in [-0.15, -0.1) is 0 Å². The largest absolute Gasteiger partial charge is 0.399 e. The Kier molecular flexibility index (Phi) is 6.41. The molecule has 0 radical (unpaired) electrons. The van der Waals surface area contributed by atoms with Gasteiger partial charge in [0.25, 0.3) is 0 Å². The van der Waals surface area contributed by atoms with Crippen molar-refractivity contribution in [3.05, 3.63) is 123 Å². The van der Waals surface area contributed by atoms with Gasteiger partial charge < -0.3 is 5.73 Å². The Morgan fingerprint density at radius 1 is 0.677 bits per heavy atom. The van der Waals surface area contributed by atoms with Crippen LogP contribution in [-0.4, -0.2) is 6.71 Å². The van der Waals surface area contributed by atoms with Crippen molar-refractivity contribution in [3.8, 4) is 0 Å². The fraction of sp³-hybridized carbons (Fsp3) is 0.111. The average molecular weight is 444 g/mol. The van der Waals surface area contributed by atoms with E-state index in [4.69, 9.17) is 28.9 Å². The number of hydrogen-bond acceptors (Lipinski definition) is 1. The number of nitrogens with two attached hydrogens (primary N) is 1. The van der Waals surface area contributed by atoms with Crippen LogP contribution in [0.25, 0.3) is 0 Å². The zero-order valence-electron chi connectivity index (χ0n) is 17.6. The molecule has 0 amide bonds. The Hall–Kier alpha value is -2.68. The fourth-order valence-corrected chi connectivity index (χ4v) is 4.57. The predicted octanol–water partition coefficient (Wildman–Crippen LogP) is 6.17. The van der Waals surface area contributed by atoms with Gasteiger partial charge in [-0.1, -0.05) is 107 Å². The Morgan fingerprint density at radius 3 is 1.71 bits per heavy atom. The highest BCUT2D eigenvalue weighted by Gasteiger charge is 2.33. The third-order valence-electron chi connectivity index (χ3n) is 5.93. The molecule has 31 heavy (non-hydrogen) atoms. The number of nitrogen functional groups attached to an aromatic ring is 1. The van der Waals surface area contributed by atoms with Crippen LogP contribution in [-0.2, 0) is 0 Å². The lowest BCUT2D eigenvalue weighted by Gasteiger charge is -2.28. The summed E-state index contributed by atoms with van der Waals surface area (Å²) in [5, 5.41) is 1.52. The Labute approximate surface area is 194 Å². The fourth-order valence-electron chi connectivity index (χ4n) is 4.19. The lowest BCUT2D eigenvalue weighted by Crippen LogP contribution is -2.48. The summed E-state index contributed by atoms with van der Waals surface area (Å²) in [6.45, 7) is 4.03. The van der Waals surface area contributed by atoms with Crippen molar-refractivity contribution >= 4 is 46.5 Å². The molecule has 2 N–H and O–H groups in total. The van der Waals surface area contributed by atoms with E-state index in [1.54, 1.807) is 0 Å². The standard InChI is InChI=1S/C27H24BCl2N/c1-18-12-14-21(16-24(18)29)28(22-15-13-19(2)25(30)17-22)27(20-8-4-3-5-9-20)23-10-6-7-11-26(23)31/h3-17,27H,31H2,1-2H3. The molecule has 0 saturated carbocycles. The summed E-state index contributed by atoms with van der Waals surface area (Å²) in [5.74, 6) is -0.0000504. The van der Waals surface area contributed by atoms with Crippen LogP contribution >= 0.6 is 23.2 Å². The highest BCUT2D eigenvalue weighted by molar-refractivity contribution is 6.87. The molecule has 0 spiro atoms. The van der Waals surface area contributed by atoms with Gasteiger partial charge in [-0.3, -0.25) is 0 Å². The van der Waals surface area contributed by atoms with Crippen LogP contribution in [0.4, 0.5) is 5.69 Å². The van der Waals surface area contributed by atoms with E-state index in [2.05, 4.69) is 66.7 Å². The molecule has 154 valence electrons. The first kappa shape index (κ1) is 21.6. The SMILES string of the molecule is Cc1ccc(B(c2ccc(C)c(Cl)c2)C(c2ccccc2)c2ccccc2N)cc1Cl. The Morgan fingerprint density at radius 2 is 1.19 bits per heavy atom. The number of benzene rings is 4. The Bertz CT molecular complexity index is 1160. The normalized spacial score (nSPS) is 11.9. The molecular weight excluding hydrogens is 420 g/mol. The minimum Gasteiger partial charge on any atom is -0.399 e. The number of halogens is 2. The predicted molar refractivity (Wildman–Crippen MR) is 137 cm³/mol. The second kappa shape index (κ2) is 9.22. The first-order valence-corrected chi connectivity index (χ1v) is 11.1. The summed E-state index contributed by atoms with van der Waals surface area (Å²) >= 11 is 13.2. The summed E-state index contributed by atoms with van der Waals surface area (Å²) in [6.07, 6.45) is 0. The van der Waals surface area contributed by atoms with Crippen LogP contribution in [0, 0.1) is 13.8 Å². The van der Waals surface area contributed by atoms with Crippen molar-refractivity contribution in [1.29, 1.82) is 0 Å². The summed E-state index contributed by atoms with van der Waals surface area (Å²) < 4.78 is 0. The molecule has 1 nitrogen and oxygen atoms in total. The van der Waals surface area contributed by atoms with Gasteiger partial charge >= 0.3 is 0 Å². The third kappa shape index (κ3) is 4.51.